The molecule has 1 aliphatic rings. The van der Waals surface area contributed by atoms with Crippen LogP contribution in [0.15, 0.2) is 24.3 Å². The van der Waals surface area contributed by atoms with E-state index in [1.165, 1.54) is 5.69 Å². The van der Waals surface area contributed by atoms with Gasteiger partial charge in [-0.3, -0.25) is 4.79 Å². The number of nitrogens with zero attached hydrogens (tertiary/aromatic N) is 1. The molecule has 1 aromatic carbocycles. The first kappa shape index (κ1) is 13.9. The van der Waals surface area contributed by atoms with Crippen LogP contribution in [0, 0.1) is 5.92 Å². The summed E-state index contributed by atoms with van der Waals surface area (Å²) in [6.45, 7) is 7.89. The van der Waals surface area contributed by atoms with Crippen molar-refractivity contribution in [1.82, 2.24) is 5.32 Å². The van der Waals surface area contributed by atoms with Crippen LogP contribution in [0.4, 0.5) is 5.69 Å². The van der Waals surface area contributed by atoms with Crippen LogP contribution in [-0.2, 0) is 16.1 Å². The number of carbonyl (C=O) groups excluding carboxylic acids is 1. The number of morpholine rings is 1. The summed E-state index contributed by atoms with van der Waals surface area (Å²) in [7, 11) is 0. The Morgan fingerprint density at radius 2 is 1.89 bits per heavy atom. The van der Waals surface area contributed by atoms with Crippen LogP contribution in [0.25, 0.3) is 0 Å². The van der Waals surface area contributed by atoms with Gasteiger partial charge < -0.3 is 15.0 Å². The second kappa shape index (κ2) is 6.57. The fraction of sp³-hybridized carbons (Fsp3) is 0.533. The maximum atomic E-state index is 11.5. The van der Waals surface area contributed by atoms with E-state index in [2.05, 4.69) is 34.5 Å². The van der Waals surface area contributed by atoms with Crippen molar-refractivity contribution >= 4 is 11.6 Å². The average molecular weight is 262 g/mol. The number of amides is 1. The second-order valence-electron chi connectivity index (χ2n) is 5.14. The monoisotopic (exact) mass is 262 g/mol. The minimum absolute atomic E-state index is 0.0348. The van der Waals surface area contributed by atoms with Crippen molar-refractivity contribution in [3.8, 4) is 0 Å². The number of hydrogen-bond donors (Lipinski definition) is 1. The Morgan fingerprint density at radius 3 is 2.47 bits per heavy atom. The molecule has 0 unspecified atom stereocenters. The molecule has 1 N–H and O–H groups in total. The molecule has 0 aliphatic carbocycles. The number of rotatable bonds is 4. The molecule has 2 rings (SSSR count). The van der Waals surface area contributed by atoms with Gasteiger partial charge in [0.05, 0.1) is 13.2 Å². The molecule has 1 amide bonds. The Bertz CT molecular complexity index is 409. The van der Waals surface area contributed by atoms with E-state index in [1.54, 1.807) is 0 Å². The molecule has 1 aliphatic heterocycles. The van der Waals surface area contributed by atoms with E-state index in [0.29, 0.717) is 6.54 Å². The van der Waals surface area contributed by atoms with Crippen molar-refractivity contribution in [1.29, 1.82) is 0 Å². The van der Waals surface area contributed by atoms with E-state index in [-0.39, 0.29) is 11.8 Å². The molecule has 1 heterocycles. The lowest BCUT2D eigenvalue weighted by molar-refractivity contribution is -0.124. The molecule has 0 aromatic heterocycles. The number of benzene rings is 1. The van der Waals surface area contributed by atoms with Crippen molar-refractivity contribution < 1.29 is 9.53 Å². The molecule has 104 valence electrons. The lowest BCUT2D eigenvalue weighted by Gasteiger charge is -2.28. The number of ether oxygens (including phenoxy) is 1. The molecular formula is C15H22N2O2. The van der Waals surface area contributed by atoms with Crippen LogP contribution in [0.1, 0.15) is 19.4 Å². The van der Waals surface area contributed by atoms with Crippen LogP contribution >= 0.6 is 0 Å². The van der Waals surface area contributed by atoms with E-state index < -0.39 is 0 Å². The van der Waals surface area contributed by atoms with Crippen molar-refractivity contribution in [3.05, 3.63) is 29.8 Å². The fourth-order valence-corrected chi connectivity index (χ4v) is 2.04. The molecule has 0 atom stereocenters. The predicted octanol–water partition coefficient (Wildman–Crippen LogP) is 1.80. The smallest absolute Gasteiger partial charge is 0.222 e. The minimum atomic E-state index is 0.0348. The third-order valence-corrected chi connectivity index (χ3v) is 3.30. The number of carbonyl (C=O) groups is 1. The maximum absolute atomic E-state index is 11.5. The Morgan fingerprint density at radius 1 is 1.26 bits per heavy atom. The van der Waals surface area contributed by atoms with Gasteiger partial charge in [-0.2, -0.15) is 0 Å². The summed E-state index contributed by atoms with van der Waals surface area (Å²) >= 11 is 0. The largest absolute Gasteiger partial charge is 0.378 e. The summed E-state index contributed by atoms with van der Waals surface area (Å²) in [5, 5.41) is 2.92. The lowest BCUT2D eigenvalue weighted by atomic mass is 10.1. The molecule has 1 aromatic rings. The SMILES string of the molecule is CC(C)C(=O)NCc1ccc(N2CCOCC2)cc1. The zero-order chi connectivity index (χ0) is 13.7. The van der Waals surface area contributed by atoms with E-state index in [1.807, 2.05) is 13.8 Å². The molecule has 4 heteroatoms. The van der Waals surface area contributed by atoms with Crippen molar-refractivity contribution in [3.63, 3.8) is 0 Å². The maximum Gasteiger partial charge on any atom is 0.222 e. The molecule has 4 nitrogen and oxygen atoms in total. The van der Waals surface area contributed by atoms with Gasteiger partial charge >= 0.3 is 0 Å². The fourth-order valence-electron chi connectivity index (χ4n) is 2.04. The van der Waals surface area contributed by atoms with Crippen LogP contribution in [0.5, 0.6) is 0 Å². The van der Waals surface area contributed by atoms with Gasteiger partial charge in [0.15, 0.2) is 0 Å². The highest BCUT2D eigenvalue weighted by Gasteiger charge is 2.11. The highest BCUT2D eigenvalue weighted by Crippen LogP contribution is 2.16. The molecule has 0 bridgehead atoms. The average Bonchev–Trinajstić information content (AvgIpc) is 2.46. The van der Waals surface area contributed by atoms with Gasteiger partial charge in [-0.25, -0.2) is 0 Å². The summed E-state index contributed by atoms with van der Waals surface area (Å²) in [4.78, 5) is 13.8. The third kappa shape index (κ3) is 3.96. The Hall–Kier alpha value is -1.55. The molecule has 19 heavy (non-hydrogen) atoms. The molecule has 0 radical (unpaired) electrons. The van der Waals surface area contributed by atoms with Gasteiger partial charge in [0.2, 0.25) is 5.91 Å². The van der Waals surface area contributed by atoms with E-state index in [9.17, 15) is 4.79 Å². The normalized spacial score (nSPS) is 15.6. The standard InChI is InChI=1S/C15H22N2O2/c1-12(2)15(18)16-11-13-3-5-14(6-4-13)17-7-9-19-10-8-17/h3-6,12H,7-11H2,1-2H3,(H,16,18). The molecular weight excluding hydrogens is 240 g/mol. The first-order chi connectivity index (χ1) is 9.16. The highest BCUT2D eigenvalue weighted by atomic mass is 16.5. The summed E-state index contributed by atoms with van der Waals surface area (Å²) in [5.74, 6) is 0.130. The summed E-state index contributed by atoms with van der Waals surface area (Å²) < 4.78 is 5.34. The number of hydrogen-bond acceptors (Lipinski definition) is 3. The Balaban J connectivity index is 1.89. The topological polar surface area (TPSA) is 41.6 Å². The lowest BCUT2D eigenvalue weighted by Crippen LogP contribution is -2.36. The van der Waals surface area contributed by atoms with Crippen LogP contribution in [0.3, 0.4) is 0 Å². The van der Waals surface area contributed by atoms with Gasteiger partial charge in [0.1, 0.15) is 0 Å². The predicted molar refractivity (Wildman–Crippen MR) is 76.2 cm³/mol. The van der Waals surface area contributed by atoms with E-state index >= 15 is 0 Å². The van der Waals surface area contributed by atoms with E-state index in [4.69, 9.17) is 4.74 Å². The molecule has 0 spiro atoms. The zero-order valence-electron chi connectivity index (χ0n) is 11.7. The van der Waals surface area contributed by atoms with Crippen molar-refractivity contribution in [2.24, 2.45) is 5.92 Å². The minimum Gasteiger partial charge on any atom is -0.378 e. The molecule has 1 saturated heterocycles. The Kier molecular flexibility index (Phi) is 4.80. The van der Waals surface area contributed by atoms with Gasteiger partial charge in [-0.15, -0.1) is 0 Å². The molecule has 0 saturated carbocycles. The zero-order valence-corrected chi connectivity index (χ0v) is 11.7. The Labute approximate surface area is 114 Å². The second-order valence-corrected chi connectivity index (χ2v) is 5.14. The van der Waals surface area contributed by atoms with Crippen molar-refractivity contribution in [2.75, 3.05) is 31.2 Å². The van der Waals surface area contributed by atoms with Crippen LogP contribution in [-0.4, -0.2) is 32.2 Å². The summed E-state index contributed by atoms with van der Waals surface area (Å²) in [6, 6.07) is 8.38. The van der Waals surface area contributed by atoms with E-state index in [0.717, 1.165) is 31.9 Å². The third-order valence-electron chi connectivity index (χ3n) is 3.30. The number of nitrogens with one attached hydrogen (secondary N) is 1. The quantitative estimate of drug-likeness (QED) is 0.899. The van der Waals surface area contributed by atoms with Crippen LogP contribution < -0.4 is 10.2 Å². The van der Waals surface area contributed by atoms with Crippen LogP contribution in [0.2, 0.25) is 0 Å². The summed E-state index contributed by atoms with van der Waals surface area (Å²) in [5.41, 5.74) is 2.35. The highest BCUT2D eigenvalue weighted by molar-refractivity contribution is 5.77. The van der Waals surface area contributed by atoms with Gasteiger partial charge in [-0.1, -0.05) is 26.0 Å². The van der Waals surface area contributed by atoms with Gasteiger partial charge in [-0.05, 0) is 17.7 Å². The molecule has 1 fully saturated rings. The first-order valence-electron chi connectivity index (χ1n) is 6.86. The number of anilines is 1. The first-order valence-corrected chi connectivity index (χ1v) is 6.86. The van der Waals surface area contributed by atoms with Gasteiger partial charge in [0.25, 0.3) is 0 Å². The summed E-state index contributed by atoms with van der Waals surface area (Å²) in [6.07, 6.45) is 0. The van der Waals surface area contributed by atoms with Crippen molar-refractivity contribution in [2.45, 2.75) is 20.4 Å². The van der Waals surface area contributed by atoms with Gasteiger partial charge in [0, 0.05) is 31.2 Å².